The molecule has 2 aromatic carbocycles. The Morgan fingerprint density at radius 1 is 1.20 bits per heavy atom. The van der Waals surface area contributed by atoms with Crippen molar-refractivity contribution in [2.75, 3.05) is 38.3 Å². The number of ether oxygens (including phenoxy) is 2. The van der Waals surface area contributed by atoms with E-state index in [0.717, 1.165) is 23.1 Å². The first-order valence-electron chi connectivity index (χ1n) is 13.5. The lowest BCUT2D eigenvalue weighted by Gasteiger charge is -2.21. The molecule has 2 N–H and O–H groups in total. The van der Waals surface area contributed by atoms with E-state index >= 15 is 0 Å². The number of rotatable bonds is 8. The number of likely N-dealkylation sites (tertiary alicyclic amines) is 1. The molecule has 41 heavy (non-hydrogen) atoms. The Morgan fingerprint density at radius 2 is 2.00 bits per heavy atom. The highest BCUT2D eigenvalue weighted by Crippen LogP contribution is 2.34. The van der Waals surface area contributed by atoms with Gasteiger partial charge in [-0.25, -0.2) is 9.18 Å². The van der Waals surface area contributed by atoms with Crippen LogP contribution in [0.3, 0.4) is 0 Å². The van der Waals surface area contributed by atoms with Crippen LogP contribution in [0.2, 0.25) is 0 Å². The number of aliphatic hydroxyl groups excluding tert-OH is 1. The molecule has 0 aliphatic carbocycles. The second-order valence-corrected chi connectivity index (χ2v) is 10.1. The van der Waals surface area contributed by atoms with Gasteiger partial charge in [-0.15, -0.1) is 0 Å². The van der Waals surface area contributed by atoms with Crippen molar-refractivity contribution in [3.05, 3.63) is 71.8 Å². The van der Waals surface area contributed by atoms with Crippen LogP contribution >= 0.6 is 0 Å². The maximum absolute atomic E-state index is 13.5. The van der Waals surface area contributed by atoms with Crippen molar-refractivity contribution in [2.24, 2.45) is 0 Å². The van der Waals surface area contributed by atoms with E-state index in [2.05, 4.69) is 10.4 Å². The largest absolute Gasteiger partial charge is 0.493 e. The van der Waals surface area contributed by atoms with Gasteiger partial charge in [0, 0.05) is 45.2 Å². The van der Waals surface area contributed by atoms with Crippen LogP contribution < -0.4 is 19.7 Å². The average molecular weight is 566 g/mol. The Balaban J connectivity index is 1.17. The molecule has 0 saturated carbocycles. The number of hydrogen-bond acceptors (Lipinski definition) is 7. The molecule has 0 unspecified atom stereocenters. The van der Waals surface area contributed by atoms with E-state index in [1.54, 1.807) is 42.3 Å². The number of carbonyl (C=O) groups is 3. The zero-order valence-electron chi connectivity index (χ0n) is 22.7. The molecule has 216 valence electrons. The van der Waals surface area contributed by atoms with E-state index in [9.17, 15) is 23.9 Å². The van der Waals surface area contributed by atoms with Gasteiger partial charge in [0.1, 0.15) is 36.1 Å². The van der Waals surface area contributed by atoms with E-state index < -0.39 is 24.1 Å². The monoisotopic (exact) mass is 565 g/mol. The summed E-state index contributed by atoms with van der Waals surface area (Å²) in [6, 6.07) is 9.57. The van der Waals surface area contributed by atoms with Crippen LogP contribution in [-0.2, 0) is 16.0 Å². The molecule has 2 aliphatic heterocycles. The number of carbonyl (C=O) groups excluding carboxylic acids is 3. The minimum Gasteiger partial charge on any atom is -0.493 e. The smallest absolute Gasteiger partial charge is 0.342 e. The first-order chi connectivity index (χ1) is 19.8. The maximum Gasteiger partial charge on any atom is 0.342 e. The summed E-state index contributed by atoms with van der Waals surface area (Å²) >= 11 is 0. The summed E-state index contributed by atoms with van der Waals surface area (Å²) in [5, 5.41) is 17.0. The van der Waals surface area contributed by atoms with E-state index in [-0.39, 0.29) is 31.4 Å². The number of aliphatic hydroxyl groups is 1. The molecule has 3 aromatic rings. The minimum absolute atomic E-state index is 0.0929. The number of hydrogen-bond donors (Lipinski definition) is 2. The fourth-order valence-electron chi connectivity index (χ4n) is 4.89. The SMILES string of the molecule is CN1C(=O)[C@@H](NC(=O)n2cc(Cc3cccc(F)c3)cn2)COc2ccc(OCC[C@@H](O)C(=O)N3CCCC3)cc21. The van der Waals surface area contributed by atoms with Crippen molar-refractivity contribution in [3.63, 3.8) is 0 Å². The Morgan fingerprint density at radius 3 is 2.78 bits per heavy atom. The van der Waals surface area contributed by atoms with E-state index in [0.29, 0.717) is 42.3 Å². The second-order valence-electron chi connectivity index (χ2n) is 10.1. The summed E-state index contributed by atoms with van der Waals surface area (Å²) < 4.78 is 26.2. The molecule has 0 radical (unpaired) electrons. The summed E-state index contributed by atoms with van der Waals surface area (Å²) in [4.78, 5) is 41.4. The molecule has 11 nitrogen and oxygen atoms in total. The van der Waals surface area contributed by atoms with E-state index in [4.69, 9.17) is 9.47 Å². The van der Waals surface area contributed by atoms with Gasteiger partial charge in [-0.2, -0.15) is 9.78 Å². The van der Waals surface area contributed by atoms with Gasteiger partial charge in [-0.05, 0) is 48.2 Å². The number of benzene rings is 2. The van der Waals surface area contributed by atoms with Gasteiger partial charge in [0.2, 0.25) is 0 Å². The highest BCUT2D eigenvalue weighted by molar-refractivity contribution is 6.00. The zero-order valence-corrected chi connectivity index (χ0v) is 22.7. The molecule has 12 heteroatoms. The Kier molecular flexibility index (Phi) is 8.48. The van der Waals surface area contributed by atoms with Crippen LogP contribution in [0.15, 0.2) is 54.9 Å². The van der Waals surface area contributed by atoms with Crippen molar-refractivity contribution < 1.29 is 33.4 Å². The molecule has 1 saturated heterocycles. The predicted molar refractivity (Wildman–Crippen MR) is 146 cm³/mol. The second kappa shape index (κ2) is 12.4. The van der Waals surface area contributed by atoms with Gasteiger partial charge in [-0.3, -0.25) is 9.59 Å². The standard InChI is InChI=1S/C29H32FN5O6/c1-33-24-15-22(40-12-9-25(36)28(38)34-10-2-3-11-34)7-8-26(24)41-18-23(27(33)37)32-29(39)35-17-20(16-31-35)13-19-5-4-6-21(30)14-19/h4-8,14-17,23,25,36H,2-3,9-13,18H2,1H3,(H,32,39)/t23-,25+/m0/s1. The van der Waals surface area contributed by atoms with Crippen LogP contribution in [0, 0.1) is 5.82 Å². The van der Waals surface area contributed by atoms with Crippen molar-refractivity contribution in [3.8, 4) is 11.5 Å². The van der Waals surface area contributed by atoms with Gasteiger partial charge in [0.05, 0.1) is 18.5 Å². The maximum atomic E-state index is 13.5. The topological polar surface area (TPSA) is 126 Å². The van der Waals surface area contributed by atoms with E-state index in [1.807, 2.05) is 0 Å². The third-order valence-corrected chi connectivity index (χ3v) is 7.13. The van der Waals surface area contributed by atoms with E-state index in [1.165, 1.54) is 29.4 Å². The summed E-state index contributed by atoms with van der Waals surface area (Å²) in [5.74, 6) is -0.138. The van der Waals surface area contributed by atoms with Crippen LogP contribution in [-0.4, -0.2) is 83.1 Å². The Hall–Kier alpha value is -4.45. The minimum atomic E-state index is -1.13. The number of likely N-dealkylation sites (N-methyl/N-ethyl adjacent to an activating group) is 1. The molecule has 3 amide bonds. The van der Waals surface area contributed by atoms with Gasteiger partial charge < -0.3 is 29.7 Å². The first-order valence-corrected chi connectivity index (χ1v) is 13.5. The molecular formula is C29H32FN5O6. The molecule has 0 bridgehead atoms. The predicted octanol–water partition coefficient (Wildman–Crippen LogP) is 2.35. The van der Waals surface area contributed by atoms with Crippen LogP contribution in [0.25, 0.3) is 0 Å². The average Bonchev–Trinajstić information content (AvgIpc) is 3.65. The normalized spacial score (nSPS) is 17.4. The fourth-order valence-corrected chi connectivity index (χ4v) is 4.89. The lowest BCUT2D eigenvalue weighted by molar-refractivity contribution is -0.139. The molecular weight excluding hydrogens is 533 g/mol. The van der Waals surface area contributed by atoms with Crippen LogP contribution in [0.1, 0.15) is 30.4 Å². The lowest BCUT2D eigenvalue weighted by atomic mass is 10.1. The van der Waals surface area contributed by atoms with Crippen LogP contribution in [0.4, 0.5) is 14.9 Å². The van der Waals surface area contributed by atoms with Crippen molar-refractivity contribution in [2.45, 2.75) is 37.8 Å². The number of nitrogens with zero attached hydrogens (tertiary/aromatic N) is 4. The summed E-state index contributed by atoms with van der Waals surface area (Å²) in [5.41, 5.74) is 1.90. The van der Waals surface area contributed by atoms with Gasteiger partial charge in [0.25, 0.3) is 11.8 Å². The first kappa shape index (κ1) is 28.1. The number of nitrogens with one attached hydrogen (secondary N) is 1. The quantitative estimate of drug-likeness (QED) is 0.430. The molecule has 2 aliphatic rings. The highest BCUT2D eigenvalue weighted by atomic mass is 19.1. The van der Waals surface area contributed by atoms with Gasteiger partial charge in [-0.1, -0.05) is 12.1 Å². The number of aromatic nitrogens is 2. The highest BCUT2D eigenvalue weighted by Gasteiger charge is 2.31. The third kappa shape index (κ3) is 6.65. The zero-order chi connectivity index (χ0) is 28.9. The van der Waals surface area contributed by atoms with Gasteiger partial charge in [0.15, 0.2) is 0 Å². The van der Waals surface area contributed by atoms with Crippen molar-refractivity contribution in [1.29, 1.82) is 0 Å². The summed E-state index contributed by atoms with van der Waals surface area (Å²) in [6.45, 7) is 1.36. The Labute approximate surface area is 236 Å². The summed E-state index contributed by atoms with van der Waals surface area (Å²) in [7, 11) is 1.57. The van der Waals surface area contributed by atoms with Crippen molar-refractivity contribution >= 4 is 23.5 Å². The van der Waals surface area contributed by atoms with Crippen molar-refractivity contribution in [1.82, 2.24) is 20.0 Å². The number of halogens is 1. The number of amides is 3. The molecule has 5 rings (SSSR count). The van der Waals surface area contributed by atoms with Crippen LogP contribution in [0.5, 0.6) is 11.5 Å². The molecule has 3 heterocycles. The summed E-state index contributed by atoms with van der Waals surface area (Å²) in [6.07, 6.45) is 4.35. The van der Waals surface area contributed by atoms with Gasteiger partial charge >= 0.3 is 6.03 Å². The fraction of sp³-hybridized carbons (Fsp3) is 0.379. The third-order valence-electron chi connectivity index (χ3n) is 7.13. The number of anilines is 1. The molecule has 2 atom stereocenters. The Bertz CT molecular complexity index is 1420. The molecule has 0 spiro atoms. The number of fused-ring (bicyclic) bond motifs is 1. The molecule has 1 fully saturated rings. The lowest BCUT2D eigenvalue weighted by Crippen LogP contribution is -2.50. The molecule has 1 aromatic heterocycles.